The number of hydrogen-bond acceptors (Lipinski definition) is 5. The lowest BCUT2D eigenvalue weighted by Gasteiger charge is -2.13. The molecule has 5 heteroatoms. The average Bonchev–Trinajstić information content (AvgIpc) is 2.59. The molecule has 5 nitrogen and oxygen atoms in total. The summed E-state index contributed by atoms with van der Waals surface area (Å²) in [5, 5.41) is 0. The van der Waals surface area contributed by atoms with Gasteiger partial charge in [-0.15, -0.1) is 0 Å². The quantitative estimate of drug-likeness (QED) is 0.719. The Hall–Kier alpha value is -2.43. The van der Waals surface area contributed by atoms with Crippen LogP contribution < -0.4 is 4.74 Å². The number of aryl methyl sites for hydroxylation is 2. The molecule has 0 spiro atoms. The van der Waals surface area contributed by atoms with Crippen LogP contribution in [0.5, 0.6) is 5.75 Å². The van der Waals surface area contributed by atoms with Crippen molar-refractivity contribution in [3.63, 3.8) is 0 Å². The molecule has 0 fully saturated rings. The van der Waals surface area contributed by atoms with E-state index in [1.165, 1.54) is 0 Å². The molecule has 24 heavy (non-hydrogen) atoms. The Balaban J connectivity index is 2.53. The van der Waals surface area contributed by atoms with Gasteiger partial charge in [-0.25, -0.2) is 14.8 Å². The van der Waals surface area contributed by atoms with E-state index in [0.717, 1.165) is 36.4 Å². The number of methoxy groups -OCH3 is 1. The van der Waals surface area contributed by atoms with Gasteiger partial charge in [-0.3, -0.25) is 0 Å². The van der Waals surface area contributed by atoms with Crippen LogP contribution in [0.15, 0.2) is 24.3 Å². The Morgan fingerprint density at radius 1 is 1.12 bits per heavy atom. The molecule has 0 unspecified atom stereocenters. The number of hydrogen-bond donors (Lipinski definition) is 0. The molecular formula is C19H24N2O3. The van der Waals surface area contributed by atoms with Crippen molar-refractivity contribution in [1.82, 2.24) is 9.97 Å². The maximum absolute atomic E-state index is 12.4. The topological polar surface area (TPSA) is 61.3 Å². The van der Waals surface area contributed by atoms with Crippen molar-refractivity contribution in [1.29, 1.82) is 0 Å². The normalized spacial score (nSPS) is 10.5. The number of ether oxygens (including phenoxy) is 2. The molecule has 0 saturated heterocycles. The molecule has 128 valence electrons. The fourth-order valence-electron chi connectivity index (χ4n) is 2.48. The first-order valence-electron chi connectivity index (χ1n) is 8.29. The highest BCUT2D eigenvalue weighted by Crippen LogP contribution is 2.26. The number of carbonyl (C=O) groups is 1. The Morgan fingerprint density at radius 2 is 1.83 bits per heavy atom. The van der Waals surface area contributed by atoms with Gasteiger partial charge in [0.2, 0.25) is 0 Å². The zero-order valence-corrected chi connectivity index (χ0v) is 14.8. The SMILES string of the molecule is CCCCc1nc(C)c(C(=O)OCC)c(-c2ccc(OC)cc2)n1. The largest absolute Gasteiger partial charge is 0.497 e. The van der Waals surface area contributed by atoms with Crippen LogP contribution in [0.1, 0.15) is 48.6 Å². The van der Waals surface area contributed by atoms with Crippen molar-refractivity contribution in [2.45, 2.75) is 40.0 Å². The molecule has 0 aliphatic heterocycles. The van der Waals surface area contributed by atoms with Crippen LogP contribution in [-0.2, 0) is 11.2 Å². The van der Waals surface area contributed by atoms with Gasteiger partial charge in [-0.1, -0.05) is 13.3 Å². The lowest BCUT2D eigenvalue weighted by atomic mass is 10.0. The molecule has 0 atom stereocenters. The lowest BCUT2D eigenvalue weighted by Crippen LogP contribution is -2.13. The summed E-state index contributed by atoms with van der Waals surface area (Å²) >= 11 is 0. The van der Waals surface area contributed by atoms with Gasteiger partial charge in [0.25, 0.3) is 0 Å². The first-order chi connectivity index (χ1) is 11.6. The molecule has 2 aromatic rings. The second kappa shape index (κ2) is 8.43. The third-order valence-electron chi connectivity index (χ3n) is 3.73. The monoisotopic (exact) mass is 328 g/mol. The van der Waals surface area contributed by atoms with Crippen LogP contribution >= 0.6 is 0 Å². The Kier molecular flexibility index (Phi) is 6.29. The van der Waals surface area contributed by atoms with Crippen molar-refractivity contribution in [3.8, 4) is 17.0 Å². The molecule has 1 aromatic heterocycles. The van der Waals surface area contributed by atoms with Crippen molar-refractivity contribution in [3.05, 3.63) is 41.3 Å². The van der Waals surface area contributed by atoms with Crippen molar-refractivity contribution < 1.29 is 14.3 Å². The van der Waals surface area contributed by atoms with Crippen LogP contribution in [0.25, 0.3) is 11.3 Å². The highest BCUT2D eigenvalue weighted by Gasteiger charge is 2.21. The standard InChI is InChI=1S/C19H24N2O3/c1-5-7-8-16-20-13(3)17(19(22)24-6-2)18(21-16)14-9-11-15(23-4)12-10-14/h9-12H,5-8H2,1-4H3. The van der Waals surface area contributed by atoms with E-state index in [-0.39, 0.29) is 5.97 Å². The Bertz CT molecular complexity index is 697. The van der Waals surface area contributed by atoms with Crippen LogP contribution in [0.3, 0.4) is 0 Å². The van der Waals surface area contributed by atoms with Crippen LogP contribution in [-0.4, -0.2) is 29.7 Å². The number of benzene rings is 1. The van der Waals surface area contributed by atoms with E-state index in [4.69, 9.17) is 9.47 Å². The molecule has 0 radical (unpaired) electrons. The third-order valence-corrected chi connectivity index (χ3v) is 3.73. The van der Waals surface area contributed by atoms with E-state index < -0.39 is 0 Å². The van der Waals surface area contributed by atoms with Gasteiger partial charge in [0.1, 0.15) is 17.1 Å². The Morgan fingerprint density at radius 3 is 2.42 bits per heavy atom. The highest BCUT2D eigenvalue weighted by atomic mass is 16.5. The highest BCUT2D eigenvalue weighted by molar-refractivity contribution is 5.97. The summed E-state index contributed by atoms with van der Waals surface area (Å²) in [6.07, 6.45) is 2.88. The second-order valence-corrected chi connectivity index (χ2v) is 5.50. The maximum atomic E-state index is 12.4. The van der Waals surface area contributed by atoms with Crippen LogP contribution in [0, 0.1) is 6.92 Å². The fourth-order valence-corrected chi connectivity index (χ4v) is 2.48. The number of unbranched alkanes of at least 4 members (excludes halogenated alkanes) is 1. The van der Waals surface area contributed by atoms with Crippen molar-refractivity contribution in [2.75, 3.05) is 13.7 Å². The van der Waals surface area contributed by atoms with Crippen molar-refractivity contribution >= 4 is 5.97 Å². The number of nitrogens with zero attached hydrogens (tertiary/aromatic N) is 2. The molecule has 0 saturated carbocycles. The second-order valence-electron chi connectivity index (χ2n) is 5.50. The van der Waals surface area contributed by atoms with Crippen LogP contribution in [0.2, 0.25) is 0 Å². The van der Waals surface area contributed by atoms with E-state index in [1.54, 1.807) is 14.0 Å². The zero-order chi connectivity index (χ0) is 17.5. The summed E-state index contributed by atoms with van der Waals surface area (Å²) in [6, 6.07) is 7.50. The molecule has 0 aliphatic carbocycles. The van der Waals surface area contributed by atoms with E-state index in [9.17, 15) is 4.79 Å². The summed E-state index contributed by atoms with van der Waals surface area (Å²) in [7, 11) is 1.62. The fraction of sp³-hybridized carbons (Fsp3) is 0.421. The maximum Gasteiger partial charge on any atom is 0.342 e. The zero-order valence-electron chi connectivity index (χ0n) is 14.8. The van der Waals surface area contributed by atoms with E-state index >= 15 is 0 Å². The van der Waals surface area contributed by atoms with Gasteiger partial charge in [-0.2, -0.15) is 0 Å². The summed E-state index contributed by atoms with van der Waals surface area (Å²) in [5.41, 5.74) is 2.56. The summed E-state index contributed by atoms with van der Waals surface area (Å²) < 4.78 is 10.4. The Labute approximate surface area is 143 Å². The number of aromatic nitrogens is 2. The van der Waals surface area contributed by atoms with Gasteiger partial charge in [0.15, 0.2) is 0 Å². The first-order valence-corrected chi connectivity index (χ1v) is 8.29. The molecule has 0 aliphatic rings. The predicted octanol–water partition coefficient (Wildman–Crippen LogP) is 3.98. The lowest BCUT2D eigenvalue weighted by molar-refractivity contribution is 0.0525. The first kappa shape index (κ1) is 17.9. The molecule has 0 amide bonds. The minimum absolute atomic E-state index is 0.317. The van der Waals surface area contributed by atoms with Crippen molar-refractivity contribution in [2.24, 2.45) is 0 Å². The molecule has 0 bridgehead atoms. The molecule has 1 aromatic carbocycles. The minimum Gasteiger partial charge on any atom is -0.497 e. The van der Waals surface area contributed by atoms with Gasteiger partial charge >= 0.3 is 5.97 Å². The summed E-state index contributed by atoms with van der Waals surface area (Å²) in [6.45, 7) is 6.06. The number of rotatable bonds is 7. The molecule has 0 N–H and O–H groups in total. The molecule has 2 rings (SSSR count). The third kappa shape index (κ3) is 4.10. The summed E-state index contributed by atoms with van der Waals surface area (Å²) in [4.78, 5) is 21.5. The number of carbonyl (C=O) groups excluding carboxylic acids is 1. The van der Waals surface area contributed by atoms with Crippen LogP contribution in [0.4, 0.5) is 0 Å². The van der Waals surface area contributed by atoms with Gasteiger partial charge in [0, 0.05) is 12.0 Å². The van der Waals surface area contributed by atoms with Gasteiger partial charge in [-0.05, 0) is 44.5 Å². The van der Waals surface area contributed by atoms with E-state index in [1.807, 2.05) is 31.2 Å². The van der Waals surface area contributed by atoms with Gasteiger partial charge in [0.05, 0.1) is 25.1 Å². The van der Waals surface area contributed by atoms with E-state index in [2.05, 4.69) is 16.9 Å². The number of esters is 1. The average molecular weight is 328 g/mol. The van der Waals surface area contributed by atoms with Gasteiger partial charge < -0.3 is 9.47 Å². The molecule has 1 heterocycles. The van der Waals surface area contributed by atoms with E-state index in [0.29, 0.717) is 23.6 Å². The summed E-state index contributed by atoms with van der Waals surface area (Å²) in [5.74, 6) is 1.13. The smallest absolute Gasteiger partial charge is 0.342 e. The minimum atomic E-state index is -0.386. The predicted molar refractivity (Wildman–Crippen MR) is 93.3 cm³/mol. The molecular weight excluding hydrogens is 304 g/mol.